The van der Waals surface area contributed by atoms with Crippen molar-refractivity contribution in [2.75, 3.05) is 7.11 Å². The van der Waals surface area contributed by atoms with E-state index in [1.807, 2.05) is 0 Å². The van der Waals surface area contributed by atoms with Crippen LogP contribution in [0.1, 0.15) is 6.42 Å². The van der Waals surface area contributed by atoms with Crippen LogP contribution in [-0.4, -0.2) is 120 Å². The van der Waals surface area contributed by atoms with Gasteiger partial charge in [0.05, 0.1) is 7.11 Å². The molecule has 2 N–H and O–H groups in total. The van der Waals surface area contributed by atoms with Crippen molar-refractivity contribution in [3.8, 4) is 0 Å². The molecule has 0 aliphatic heterocycles. The minimum absolute atomic E-state index is 0. The Morgan fingerprint density at radius 3 is 1.86 bits per heavy atom. The summed E-state index contributed by atoms with van der Waals surface area (Å²) in [5.41, 5.74) is 0. The van der Waals surface area contributed by atoms with Gasteiger partial charge >= 0.3 is 107 Å². The van der Waals surface area contributed by atoms with Crippen molar-refractivity contribution in [1.29, 1.82) is 0 Å². The predicted octanol–water partition coefficient (Wildman–Crippen LogP) is -3.52. The number of rotatable bonds is 3. The molecule has 0 bridgehead atoms. The molecule has 9 heteroatoms. The molecule has 0 fully saturated rings. The molecule has 0 rings (SSSR count). The van der Waals surface area contributed by atoms with E-state index >= 15 is 0 Å². The topological polar surface area (TPSA) is 101 Å². The summed E-state index contributed by atoms with van der Waals surface area (Å²) >= 11 is 0. The van der Waals surface area contributed by atoms with Crippen LogP contribution in [0.15, 0.2) is 0 Å². The summed E-state index contributed by atoms with van der Waals surface area (Å²) in [7, 11) is 1.14. The summed E-state index contributed by atoms with van der Waals surface area (Å²) in [5.74, 6) is -1.64. The van der Waals surface area contributed by atoms with E-state index in [2.05, 4.69) is 9.47 Å². The average Bonchev–Trinajstić information content (AvgIpc) is 1.88. The van der Waals surface area contributed by atoms with Crippen molar-refractivity contribution in [2.45, 2.75) is 6.42 Å². The van der Waals surface area contributed by atoms with Crippen LogP contribution in [-0.2, 0) is 23.9 Å². The first-order valence-electron chi connectivity index (χ1n) is 2.40. The summed E-state index contributed by atoms with van der Waals surface area (Å²) in [6.45, 7) is -0.0364. The number of hydrogen-bond donors (Lipinski definition) is 0. The van der Waals surface area contributed by atoms with Crippen LogP contribution in [0.25, 0.3) is 0 Å². The molecule has 0 radical (unpaired) electrons. The number of carbonyl (C=O) groups excluding carboxylic acids is 3. The van der Waals surface area contributed by atoms with Gasteiger partial charge in [0.1, 0.15) is 6.42 Å². The molecule has 14 heavy (non-hydrogen) atoms. The molecular formula is C5H11Na3O6. The van der Waals surface area contributed by atoms with Crippen molar-refractivity contribution in [3.05, 3.63) is 0 Å². The van der Waals surface area contributed by atoms with Gasteiger partial charge in [-0.15, -0.1) is 0 Å². The van der Waals surface area contributed by atoms with Gasteiger partial charge in [-0.1, -0.05) is 0 Å². The van der Waals surface area contributed by atoms with E-state index < -0.39 is 18.4 Å². The van der Waals surface area contributed by atoms with E-state index in [-0.39, 0.29) is 101 Å². The first-order valence-corrected chi connectivity index (χ1v) is 2.40. The maximum absolute atomic E-state index is 10.3. The summed E-state index contributed by atoms with van der Waals surface area (Å²) in [5, 5.41) is 0. The van der Waals surface area contributed by atoms with E-state index in [0.29, 0.717) is 0 Å². The molecule has 6 nitrogen and oxygen atoms in total. The van der Waals surface area contributed by atoms with Gasteiger partial charge in [0, 0.05) is 0 Å². The SMILES string of the molecule is COC(=O)CC(=O)OC=O.O.[NaH].[NaH].[NaH]. The van der Waals surface area contributed by atoms with E-state index in [9.17, 15) is 14.4 Å². The molecule has 70 valence electrons. The Labute approximate surface area is 148 Å². The Bertz CT molecular complexity index is 162. The van der Waals surface area contributed by atoms with Gasteiger partial charge in [0.25, 0.3) is 0 Å². The zero-order valence-corrected chi connectivity index (χ0v) is 5.83. The van der Waals surface area contributed by atoms with E-state index in [1.165, 1.54) is 0 Å². The second kappa shape index (κ2) is 20.0. The number of ether oxygens (including phenoxy) is 2. The summed E-state index contributed by atoms with van der Waals surface area (Å²) in [4.78, 5) is 30.0. The van der Waals surface area contributed by atoms with Crippen molar-refractivity contribution in [3.63, 3.8) is 0 Å². The van der Waals surface area contributed by atoms with Crippen LogP contribution >= 0.6 is 0 Å². The number of methoxy groups -OCH3 is 1. The fraction of sp³-hybridized carbons (Fsp3) is 0.400. The third kappa shape index (κ3) is 19.2. The maximum atomic E-state index is 10.3. The van der Waals surface area contributed by atoms with E-state index in [1.54, 1.807) is 0 Å². The van der Waals surface area contributed by atoms with Crippen molar-refractivity contribution >= 4 is 107 Å². The number of hydrogen-bond acceptors (Lipinski definition) is 5. The zero-order valence-electron chi connectivity index (χ0n) is 5.83. The third-order valence-electron chi connectivity index (χ3n) is 0.696. The number of esters is 2. The Balaban J connectivity index is -0.0000000675. The third-order valence-corrected chi connectivity index (χ3v) is 0.696. The standard InChI is InChI=1S/C5H6O5.3Na.H2O.3H/c1-9-4(7)2-5(8)10-3-6;;;;;;;/h3H,2H2,1H3;;;;1H2;;;. The molecule has 0 atom stereocenters. The van der Waals surface area contributed by atoms with Crippen LogP contribution in [0.2, 0.25) is 0 Å². The quantitative estimate of drug-likeness (QED) is 0.219. The van der Waals surface area contributed by atoms with Gasteiger partial charge in [-0.25, -0.2) is 0 Å². The van der Waals surface area contributed by atoms with Gasteiger partial charge in [0.2, 0.25) is 0 Å². The summed E-state index contributed by atoms with van der Waals surface area (Å²) in [6.07, 6.45) is -0.533. The Morgan fingerprint density at radius 1 is 1.14 bits per heavy atom. The van der Waals surface area contributed by atoms with Crippen molar-refractivity contribution in [1.82, 2.24) is 0 Å². The Kier molecular flexibility index (Phi) is 42.4. The molecule has 0 aromatic rings. The molecule has 0 aliphatic carbocycles. The molecular weight excluding hydrogens is 225 g/mol. The molecule has 0 saturated heterocycles. The van der Waals surface area contributed by atoms with Crippen molar-refractivity contribution in [2.24, 2.45) is 0 Å². The number of carbonyl (C=O) groups is 3. The Morgan fingerprint density at radius 2 is 1.57 bits per heavy atom. The molecule has 0 spiro atoms. The molecule has 0 amide bonds. The minimum atomic E-state index is -0.915. The van der Waals surface area contributed by atoms with Gasteiger partial charge in [-0.3, -0.25) is 14.4 Å². The Hall–Kier alpha value is 1.57. The second-order valence-corrected chi connectivity index (χ2v) is 1.34. The van der Waals surface area contributed by atoms with Crippen molar-refractivity contribution < 1.29 is 29.3 Å². The van der Waals surface area contributed by atoms with E-state index in [0.717, 1.165) is 7.11 Å². The van der Waals surface area contributed by atoms with Gasteiger partial charge in [-0.05, 0) is 0 Å². The monoisotopic (exact) mass is 236 g/mol. The fourth-order valence-electron chi connectivity index (χ4n) is 0.285. The molecule has 0 unspecified atom stereocenters. The molecule has 0 aromatic carbocycles. The first kappa shape index (κ1) is 29.6. The normalized spacial score (nSPS) is 5.79. The van der Waals surface area contributed by atoms with Gasteiger partial charge < -0.3 is 14.9 Å². The molecule has 0 heterocycles. The molecule has 0 aliphatic rings. The molecule has 0 saturated carbocycles. The van der Waals surface area contributed by atoms with Gasteiger partial charge in [-0.2, -0.15) is 0 Å². The first-order chi connectivity index (χ1) is 4.70. The van der Waals surface area contributed by atoms with Crippen LogP contribution < -0.4 is 0 Å². The fourth-order valence-corrected chi connectivity index (χ4v) is 0.285. The van der Waals surface area contributed by atoms with Gasteiger partial charge in [0.15, 0.2) is 0 Å². The summed E-state index contributed by atoms with van der Waals surface area (Å²) < 4.78 is 7.91. The van der Waals surface area contributed by atoms with Crippen LogP contribution in [0, 0.1) is 0 Å². The van der Waals surface area contributed by atoms with E-state index in [4.69, 9.17) is 0 Å². The van der Waals surface area contributed by atoms with Crippen LogP contribution in [0.4, 0.5) is 0 Å². The predicted molar refractivity (Wildman–Crippen MR) is 53.8 cm³/mol. The van der Waals surface area contributed by atoms with Crippen LogP contribution in [0.3, 0.4) is 0 Å². The second-order valence-electron chi connectivity index (χ2n) is 1.34. The zero-order chi connectivity index (χ0) is 7.98. The van der Waals surface area contributed by atoms with Crippen LogP contribution in [0.5, 0.6) is 0 Å². The molecule has 0 aromatic heterocycles. The average molecular weight is 236 g/mol. The summed E-state index contributed by atoms with van der Waals surface area (Å²) in [6, 6.07) is 0.